The average Bonchev–Trinajstić information content (AvgIpc) is 2.69. The van der Waals surface area contributed by atoms with Crippen molar-refractivity contribution in [2.75, 3.05) is 26.4 Å². The first-order chi connectivity index (χ1) is 13.1. The molecule has 3 rings (SSSR count). The second-order valence-electron chi connectivity index (χ2n) is 6.93. The molecule has 1 aromatic carbocycles. The highest BCUT2D eigenvalue weighted by molar-refractivity contribution is 5.20. The monoisotopic (exact) mass is 386 g/mol. The predicted molar refractivity (Wildman–Crippen MR) is 92.3 cm³/mol. The number of benzene rings is 1. The lowest BCUT2D eigenvalue weighted by molar-refractivity contribution is -0.217. The van der Waals surface area contributed by atoms with Crippen molar-refractivity contribution in [1.82, 2.24) is 0 Å². The highest BCUT2D eigenvalue weighted by Gasteiger charge is 2.27. The molecule has 0 saturated carbocycles. The fraction of sp³-hybridized carbons (Fsp3) is 0.600. The van der Waals surface area contributed by atoms with Gasteiger partial charge in [0.05, 0.1) is 26.4 Å². The van der Waals surface area contributed by atoms with Crippen LogP contribution in [0.1, 0.15) is 38.0 Å². The van der Waals surface area contributed by atoms with Gasteiger partial charge in [-0.3, -0.25) is 0 Å². The first kappa shape index (κ1) is 20.3. The zero-order chi connectivity index (χ0) is 19.2. The number of allylic oxidation sites excluding steroid dienone is 1. The Morgan fingerprint density at radius 3 is 2.15 bits per heavy atom. The lowest BCUT2D eigenvalue weighted by Gasteiger charge is -2.32. The van der Waals surface area contributed by atoms with E-state index in [9.17, 15) is 13.2 Å². The van der Waals surface area contributed by atoms with E-state index in [2.05, 4.69) is 19.1 Å². The quantitative estimate of drug-likeness (QED) is 0.533. The second kappa shape index (κ2) is 9.68. The van der Waals surface area contributed by atoms with E-state index >= 15 is 0 Å². The Kier molecular flexibility index (Phi) is 7.29. The molecule has 7 heteroatoms. The molecule has 0 radical (unpaired) electrons. The minimum Gasteiger partial charge on any atom is -0.352 e. The van der Waals surface area contributed by atoms with Crippen molar-refractivity contribution in [2.45, 2.75) is 38.8 Å². The Bertz CT molecular complexity index is 613. The smallest absolute Gasteiger partial charge is 0.194 e. The third-order valence-corrected chi connectivity index (χ3v) is 4.69. The summed E-state index contributed by atoms with van der Waals surface area (Å²) in [6.07, 6.45) is 5.64. The molecule has 2 fully saturated rings. The Morgan fingerprint density at radius 2 is 1.56 bits per heavy atom. The molecule has 0 aliphatic carbocycles. The van der Waals surface area contributed by atoms with Gasteiger partial charge in [0.1, 0.15) is 0 Å². The average molecular weight is 386 g/mol. The molecule has 0 atom stereocenters. The number of rotatable bonds is 6. The molecule has 1 aromatic rings. The first-order valence-electron chi connectivity index (χ1n) is 9.34. The molecule has 2 heterocycles. The van der Waals surface area contributed by atoms with Gasteiger partial charge in [-0.2, -0.15) is 0 Å². The van der Waals surface area contributed by atoms with Gasteiger partial charge in [0, 0.05) is 17.4 Å². The van der Waals surface area contributed by atoms with Crippen molar-refractivity contribution >= 4 is 0 Å². The highest BCUT2D eigenvalue weighted by Crippen LogP contribution is 2.29. The van der Waals surface area contributed by atoms with Crippen molar-refractivity contribution < 1.29 is 32.1 Å². The van der Waals surface area contributed by atoms with Crippen LogP contribution in [0.25, 0.3) is 0 Å². The van der Waals surface area contributed by atoms with Crippen LogP contribution in [-0.4, -0.2) is 32.7 Å². The van der Waals surface area contributed by atoms with Crippen molar-refractivity contribution in [2.24, 2.45) is 11.8 Å². The molecule has 2 aliphatic heterocycles. The van der Waals surface area contributed by atoms with E-state index in [-0.39, 0.29) is 17.8 Å². The van der Waals surface area contributed by atoms with E-state index < -0.39 is 23.7 Å². The molecule has 4 nitrogen and oxygen atoms in total. The molecule has 0 spiro atoms. The molecule has 0 bridgehead atoms. The van der Waals surface area contributed by atoms with Gasteiger partial charge in [-0.05, 0) is 31.4 Å². The zero-order valence-electron chi connectivity index (χ0n) is 15.3. The molecule has 2 saturated heterocycles. The summed E-state index contributed by atoms with van der Waals surface area (Å²) in [4.78, 5) is 0. The lowest BCUT2D eigenvalue weighted by Crippen LogP contribution is -2.33. The summed E-state index contributed by atoms with van der Waals surface area (Å²) in [6.45, 7) is 4.18. The second-order valence-corrected chi connectivity index (χ2v) is 6.93. The first-order valence-corrected chi connectivity index (χ1v) is 9.34. The molecular weight excluding hydrogens is 361 g/mol. The van der Waals surface area contributed by atoms with Crippen LogP contribution in [0.3, 0.4) is 0 Å². The Labute approximate surface area is 157 Å². The van der Waals surface area contributed by atoms with E-state index in [1.54, 1.807) is 0 Å². The normalized spacial score (nSPS) is 29.3. The number of hydrogen-bond acceptors (Lipinski definition) is 4. The molecule has 0 amide bonds. The summed E-state index contributed by atoms with van der Waals surface area (Å²) in [7, 11) is 0. The van der Waals surface area contributed by atoms with Crippen LogP contribution in [-0.2, 0) is 18.9 Å². The molecule has 27 heavy (non-hydrogen) atoms. The number of hydrogen-bond donors (Lipinski definition) is 0. The molecule has 0 aromatic heterocycles. The van der Waals surface area contributed by atoms with Gasteiger partial charge in [0.2, 0.25) is 0 Å². The number of ether oxygens (including phenoxy) is 4. The Morgan fingerprint density at radius 1 is 0.926 bits per heavy atom. The van der Waals surface area contributed by atoms with E-state index in [1.165, 1.54) is 0 Å². The van der Waals surface area contributed by atoms with Crippen LogP contribution in [0.4, 0.5) is 13.2 Å². The maximum absolute atomic E-state index is 13.3. The van der Waals surface area contributed by atoms with Crippen LogP contribution >= 0.6 is 0 Å². The maximum atomic E-state index is 13.3. The van der Waals surface area contributed by atoms with Gasteiger partial charge < -0.3 is 18.9 Å². The molecule has 0 unspecified atom stereocenters. The van der Waals surface area contributed by atoms with Crippen LogP contribution in [0.15, 0.2) is 24.3 Å². The van der Waals surface area contributed by atoms with Gasteiger partial charge >= 0.3 is 0 Å². The summed E-state index contributed by atoms with van der Waals surface area (Å²) in [5.74, 6) is -3.55. The lowest BCUT2D eigenvalue weighted by atomic mass is 10.0. The third-order valence-electron chi connectivity index (χ3n) is 4.69. The largest absolute Gasteiger partial charge is 0.352 e. The van der Waals surface area contributed by atoms with E-state index in [0.29, 0.717) is 32.3 Å². The van der Waals surface area contributed by atoms with Crippen molar-refractivity contribution in [3.8, 4) is 0 Å². The SMILES string of the molecule is CC/C=C/C1COC(CC[C@H]2CO[C@H](c3cc(F)c(F)c(F)c3)OC2)OC1. The van der Waals surface area contributed by atoms with Crippen LogP contribution in [0.2, 0.25) is 0 Å². The summed E-state index contributed by atoms with van der Waals surface area (Å²) in [5.41, 5.74) is 0.134. The number of halogens is 3. The van der Waals surface area contributed by atoms with Crippen molar-refractivity contribution in [1.29, 1.82) is 0 Å². The fourth-order valence-corrected chi connectivity index (χ4v) is 3.15. The van der Waals surface area contributed by atoms with Crippen LogP contribution < -0.4 is 0 Å². The summed E-state index contributed by atoms with van der Waals surface area (Å²) in [6, 6.07) is 1.80. The summed E-state index contributed by atoms with van der Waals surface area (Å²) in [5, 5.41) is 0. The van der Waals surface area contributed by atoms with Gasteiger partial charge in [-0.15, -0.1) is 0 Å². The van der Waals surface area contributed by atoms with E-state index in [1.807, 2.05) is 0 Å². The Hall–Kier alpha value is -1.41. The summed E-state index contributed by atoms with van der Waals surface area (Å²) < 4.78 is 62.3. The van der Waals surface area contributed by atoms with Gasteiger partial charge in [-0.1, -0.05) is 19.1 Å². The van der Waals surface area contributed by atoms with E-state index in [0.717, 1.165) is 31.4 Å². The van der Waals surface area contributed by atoms with Gasteiger partial charge in [-0.25, -0.2) is 13.2 Å². The molecular formula is C20H25F3O4. The minimum absolute atomic E-state index is 0.134. The van der Waals surface area contributed by atoms with Gasteiger partial charge in [0.15, 0.2) is 30.0 Å². The molecule has 150 valence electrons. The van der Waals surface area contributed by atoms with Gasteiger partial charge in [0.25, 0.3) is 0 Å². The minimum atomic E-state index is -1.49. The standard InChI is InChI=1S/C20H25F3O4/c1-2-3-4-13-9-24-18(25-10-13)6-5-14-11-26-20(27-12-14)15-7-16(21)19(23)17(22)8-15/h3-4,7-8,13-14,18,20H,2,5-6,9-12H2,1H3/b4-3+/t13?,14-,18?,20-. The highest BCUT2D eigenvalue weighted by atomic mass is 19.2. The third kappa shape index (κ3) is 5.54. The Balaban J connectivity index is 1.40. The summed E-state index contributed by atoms with van der Waals surface area (Å²) >= 11 is 0. The maximum Gasteiger partial charge on any atom is 0.194 e. The van der Waals surface area contributed by atoms with Crippen molar-refractivity contribution in [3.05, 3.63) is 47.3 Å². The molecule has 0 N–H and O–H groups in total. The molecule has 2 aliphatic rings. The van der Waals surface area contributed by atoms with Crippen LogP contribution in [0, 0.1) is 29.3 Å². The van der Waals surface area contributed by atoms with Crippen LogP contribution in [0.5, 0.6) is 0 Å². The van der Waals surface area contributed by atoms with E-state index in [4.69, 9.17) is 18.9 Å². The topological polar surface area (TPSA) is 36.9 Å². The predicted octanol–water partition coefficient (Wildman–Crippen LogP) is 4.50. The zero-order valence-corrected chi connectivity index (χ0v) is 15.3. The fourth-order valence-electron chi connectivity index (χ4n) is 3.15. The van der Waals surface area contributed by atoms with Crippen molar-refractivity contribution in [3.63, 3.8) is 0 Å².